The molecule has 13 nitrogen and oxygen atoms in total. The Bertz CT molecular complexity index is 1960. The predicted molar refractivity (Wildman–Crippen MR) is 186 cm³/mol. The summed E-state index contributed by atoms with van der Waals surface area (Å²) in [7, 11) is 1.61. The standard InChI is InChI=1S/C34H31N7O6S2/c1-3-47-27-16-12-24(13-17-27)39-31(20-35-33(43)23-6-10-25(11-7-23)41(44)45)36-37-34(39)49-21-32(42)40-29(22-8-14-26(46-2)15-9-22)19-28(38-40)30-5-4-18-48-30/h4-18,29H,3,19-21H2,1-2H3,(H,35,43)/t29-/m0/s1. The summed E-state index contributed by atoms with van der Waals surface area (Å²) in [4.78, 5) is 38.2. The minimum absolute atomic E-state index is 0.00464. The van der Waals surface area contributed by atoms with E-state index in [2.05, 4.69) is 15.5 Å². The van der Waals surface area contributed by atoms with Crippen LogP contribution in [0.1, 0.15) is 46.0 Å². The molecule has 1 N–H and O–H groups in total. The Balaban J connectivity index is 1.23. The van der Waals surface area contributed by atoms with Gasteiger partial charge in [0.25, 0.3) is 17.5 Å². The number of ether oxygens (including phenoxy) is 2. The molecule has 0 radical (unpaired) electrons. The topological polar surface area (TPSA) is 154 Å². The maximum Gasteiger partial charge on any atom is 0.269 e. The molecule has 3 aromatic carbocycles. The number of carbonyl (C=O) groups excluding carboxylic acids is 2. The molecule has 0 unspecified atom stereocenters. The van der Waals surface area contributed by atoms with Crippen molar-refractivity contribution in [1.29, 1.82) is 0 Å². The van der Waals surface area contributed by atoms with E-state index < -0.39 is 10.8 Å². The first-order valence-corrected chi connectivity index (χ1v) is 17.1. The molecule has 49 heavy (non-hydrogen) atoms. The largest absolute Gasteiger partial charge is 0.497 e. The van der Waals surface area contributed by atoms with Gasteiger partial charge in [-0.1, -0.05) is 30.0 Å². The van der Waals surface area contributed by atoms with E-state index in [1.165, 1.54) is 36.0 Å². The molecule has 1 aliphatic heterocycles. The van der Waals surface area contributed by atoms with Gasteiger partial charge in [0, 0.05) is 29.8 Å². The van der Waals surface area contributed by atoms with Crippen molar-refractivity contribution in [2.45, 2.75) is 31.1 Å². The number of amides is 2. The Hall–Kier alpha value is -5.54. The number of non-ortho nitro benzene ring substituents is 1. The Morgan fingerprint density at radius 1 is 1.02 bits per heavy atom. The fraction of sp³-hybridized carbons (Fsp3) is 0.206. The number of methoxy groups -OCH3 is 1. The van der Waals surface area contributed by atoms with Crippen LogP contribution in [-0.2, 0) is 11.3 Å². The first-order valence-electron chi connectivity index (χ1n) is 15.2. The molecule has 5 aromatic rings. The Labute approximate surface area is 289 Å². The van der Waals surface area contributed by atoms with Crippen molar-refractivity contribution in [2.24, 2.45) is 5.10 Å². The third-order valence-corrected chi connectivity index (χ3v) is 9.48. The lowest BCUT2D eigenvalue weighted by Crippen LogP contribution is -2.28. The maximum absolute atomic E-state index is 13.9. The highest BCUT2D eigenvalue weighted by atomic mass is 32.2. The second-order valence-corrected chi connectivity index (χ2v) is 12.6. The van der Waals surface area contributed by atoms with Crippen LogP contribution in [0, 0.1) is 10.1 Å². The third-order valence-electron chi connectivity index (χ3n) is 7.65. The highest BCUT2D eigenvalue weighted by Gasteiger charge is 2.34. The number of rotatable bonds is 13. The van der Waals surface area contributed by atoms with Gasteiger partial charge in [-0.2, -0.15) is 5.10 Å². The van der Waals surface area contributed by atoms with E-state index in [0.29, 0.717) is 35.4 Å². The van der Waals surface area contributed by atoms with Crippen LogP contribution in [0.15, 0.2) is 101 Å². The fourth-order valence-corrected chi connectivity index (χ4v) is 6.78. The molecule has 1 aliphatic rings. The smallest absolute Gasteiger partial charge is 0.269 e. The average molecular weight is 698 g/mol. The van der Waals surface area contributed by atoms with Crippen LogP contribution in [0.5, 0.6) is 11.5 Å². The highest BCUT2D eigenvalue weighted by molar-refractivity contribution is 7.99. The summed E-state index contributed by atoms with van der Waals surface area (Å²) in [6.07, 6.45) is 0.574. The van der Waals surface area contributed by atoms with Crippen LogP contribution >= 0.6 is 23.1 Å². The zero-order chi connectivity index (χ0) is 34.3. The molecule has 6 rings (SSSR count). The van der Waals surface area contributed by atoms with Crippen LogP contribution in [-0.4, -0.2) is 61.7 Å². The van der Waals surface area contributed by atoms with Gasteiger partial charge in [-0.15, -0.1) is 21.5 Å². The number of nitro groups is 1. The van der Waals surface area contributed by atoms with E-state index in [1.54, 1.807) is 28.0 Å². The lowest BCUT2D eigenvalue weighted by Gasteiger charge is -2.22. The quantitative estimate of drug-likeness (QED) is 0.0881. The Kier molecular flexibility index (Phi) is 10.3. The van der Waals surface area contributed by atoms with Crippen LogP contribution < -0.4 is 14.8 Å². The zero-order valence-electron chi connectivity index (χ0n) is 26.5. The van der Waals surface area contributed by atoms with Crippen LogP contribution in [0.4, 0.5) is 5.69 Å². The lowest BCUT2D eigenvalue weighted by molar-refractivity contribution is -0.384. The van der Waals surface area contributed by atoms with Gasteiger partial charge in [0.2, 0.25) is 0 Å². The van der Waals surface area contributed by atoms with Crippen molar-refractivity contribution in [3.05, 3.63) is 122 Å². The van der Waals surface area contributed by atoms with E-state index >= 15 is 0 Å². The van der Waals surface area contributed by atoms with Crippen LogP contribution in [0.3, 0.4) is 0 Å². The van der Waals surface area contributed by atoms with E-state index in [4.69, 9.17) is 14.6 Å². The number of nitro benzene ring substituents is 1. The van der Waals surface area contributed by atoms with Crippen molar-refractivity contribution in [3.63, 3.8) is 0 Å². The van der Waals surface area contributed by atoms with Gasteiger partial charge in [0.1, 0.15) is 11.5 Å². The number of hydrogen-bond donors (Lipinski definition) is 1. The molecule has 0 saturated heterocycles. The molecule has 15 heteroatoms. The van der Waals surface area contributed by atoms with Crippen molar-refractivity contribution < 1.29 is 24.0 Å². The van der Waals surface area contributed by atoms with Gasteiger partial charge in [-0.05, 0) is 72.5 Å². The van der Waals surface area contributed by atoms with Crippen molar-refractivity contribution in [2.75, 3.05) is 19.5 Å². The molecule has 2 aromatic heterocycles. The Morgan fingerprint density at radius 3 is 2.41 bits per heavy atom. The van der Waals surface area contributed by atoms with Gasteiger partial charge >= 0.3 is 0 Å². The van der Waals surface area contributed by atoms with Crippen molar-refractivity contribution >= 4 is 46.3 Å². The number of nitrogens with one attached hydrogen (secondary N) is 1. The third kappa shape index (κ3) is 7.63. The second kappa shape index (κ2) is 15.1. The highest BCUT2D eigenvalue weighted by Crippen LogP contribution is 2.35. The number of aromatic nitrogens is 3. The van der Waals surface area contributed by atoms with E-state index in [1.807, 2.05) is 73.0 Å². The normalized spacial score (nSPS) is 14.0. The SMILES string of the molecule is CCOc1ccc(-n2c(CNC(=O)c3ccc([N+](=O)[O-])cc3)nnc2SCC(=O)N2N=C(c3cccs3)C[C@H]2c2ccc(OC)cc2)cc1. The molecule has 1 atom stereocenters. The minimum Gasteiger partial charge on any atom is -0.497 e. The molecular formula is C34H31N7O6S2. The number of hydrogen-bond acceptors (Lipinski definition) is 11. The number of thioether (sulfide) groups is 1. The van der Waals surface area contributed by atoms with Gasteiger partial charge in [0.15, 0.2) is 11.0 Å². The first-order chi connectivity index (χ1) is 23.8. The molecular weight excluding hydrogens is 667 g/mol. The average Bonchev–Trinajstić information content (AvgIpc) is 3.91. The van der Waals surface area contributed by atoms with E-state index in [9.17, 15) is 19.7 Å². The molecule has 0 saturated carbocycles. The number of carbonyl (C=O) groups is 2. The van der Waals surface area contributed by atoms with Crippen LogP contribution in [0.2, 0.25) is 0 Å². The summed E-state index contributed by atoms with van der Waals surface area (Å²) in [6.45, 7) is 2.42. The van der Waals surface area contributed by atoms with Gasteiger partial charge in [-0.25, -0.2) is 5.01 Å². The van der Waals surface area contributed by atoms with Gasteiger partial charge in [-0.3, -0.25) is 24.3 Å². The second-order valence-electron chi connectivity index (χ2n) is 10.7. The summed E-state index contributed by atoms with van der Waals surface area (Å²) in [5.41, 5.74) is 2.65. The fourth-order valence-electron chi connectivity index (χ4n) is 5.23. The summed E-state index contributed by atoms with van der Waals surface area (Å²) < 4.78 is 12.7. The number of nitrogens with zero attached hydrogens (tertiary/aromatic N) is 6. The molecule has 0 aliphatic carbocycles. The summed E-state index contributed by atoms with van der Waals surface area (Å²) in [5, 5.41) is 31.3. The van der Waals surface area contributed by atoms with Crippen molar-refractivity contribution in [1.82, 2.24) is 25.1 Å². The summed E-state index contributed by atoms with van der Waals surface area (Å²) in [5.74, 6) is 1.23. The van der Waals surface area contributed by atoms with Crippen molar-refractivity contribution in [3.8, 4) is 17.2 Å². The Morgan fingerprint density at radius 2 is 1.76 bits per heavy atom. The molecule has 0 fully saturated rings. The maximum atomic E-state index is 13.9. The van der Waals surface area contributed by atoms with E-state index in [-0.39, 0.29) is 35.5 Å². The predicted octanol–water partition coefficient (Wildman–Crippen LogP) is 6.04. The molecule has 250 valence electrons. The number of thiophene rings is 1. The minimum atomic E-state index is -0.525. The number of benzene rings is 3. The van der Waals surface area contributed by atoms with Crippen LogP contribution in [0.25, 0.3) is 5.69 Å². The zero-order valence-corrected chi connectivity index (χ0v) is 28.1. The summed E-state index contributed by atoms with van der Waals surface area (Å²) in [6, 6.07) is 24.0. The lowest BCUT2D eigenvalue weighted by atomic mass is 10.0. The summed E-state index contributed by atoms with van der Waals surface area (Å²) >= 11 is 2.79. The molecule has 3 heterocycles. The first kappa shape index (κ1) is 33.4. The molecule has 0 bridgehead atoms. The van der Waals surface area contributed by atoms with Gasteiger partial charge in [0.05, 0.1) is 47.6 Å². The van der Waals surface area contributed by atoms with Gasteiger partial charge < -0.3 is 14.8 Å². The van der Waals surface area contributed by atoms with E-state index in [0.717, 1.165) is 21.9 Å². The monoisotopic (exact) mass is 697 g/mol. The molecule has 0 spiro atoms. The number of hydrazone groups is 1. The molecule has 2 amide bonds.